The van der Waals surface area contributed by atoms with E-state index in [-0.39, 0.29) is 12.0 Å². The number of hydrogen-bond acceptors (Lipinski definition) is 3. The van der Waals surface area contributed by atoms with Gasteiger partial charge in [-0.25, -0.2) is 0 Å². The first-order chi connectivity index (χ1) is 7.34. The SMILES string of the molecule is O=Cc1cc(C(F)(F)F)ccc1NC(=O)[O-]. The Morgan fingerprint density at radius 1 is 1.38 bits per heavy atom. The number of halogens is 3. The van der Waals surface area contributed by atoms with Crippen LogP contribution in [0.25, 0.3) is 0 Å². The van der Waals surface area contributed by atoms with E-state index >= 15 is 0 Å². The molecule has 86 valence electrons. The third-order valence-electron chi connectivity index (χ3n) is 1.74. The first-order valence-corrected chi connectivity index (χ1v) is 3.99. The van der Waals surface area contributed by atoms with Gasteiger partial charge in [0.2, 0.25) is 0 Å². The number of alkyl halides is 3. The maximum Gasteiger partial charge on any atom is 0.416 e. The minimum absolute atomic E-state index is 0.126. The summed E-state index contributed by atoms with van der Waals surface area (Å²) in [6, 6.07) is 2.07. The minimum atomic E-state index is -4.59. The van der Waals surface area contributed by atoms with E-state index in [4.69, 9.17) is 0 Å². The normalized spacial score (nSPS) is 10.9. The zero-order valence-electron chi connectivity index (χ0n) is 7.67. The second-order valence-electron chi connectivity index (χ2n) is 2.83. The molecule has 0 atom stereocenters. The van der Waals surface area contributed by atoms with Gasteiger partial charge in [0, 0.05) is 11.3 Å². The number of carbonyl (C=O) groups is 2. The molecule has 0 radical (unpaired) electrons. The Kier molecular flexibility index (Phi) is 3.17. The van der Waals surface area contributed by atoms with Crippen molar-refractivity contribution < 1.29 is 27.9 Å². The van der Waals surface area contributed by atoms with Gasteiger partial charge in [0.15, 0.2) is 6.29 Å². The Labute approximate surface area is 87.7 Å². The fourth-order valence-electron chi connectivity index (χ4n) is 1.06. The molecule has 16 heavy (non-hydrogen) atoms. The van der Waals surface area contributed by atoms with Gasteiger partial charge >= 0.3 is 6.18 Å². The topological polar surface area (TPSA) is 69.2 Å². The summed E-state index contributed by atoms with van der Waals surface area (Å²) >= 11 is 0. The minimum Gasteiger partial charge on any atom is -0.530 e. The van der Waals surface area contributed by atoms with Gasteiger partial charge in [-0.15, -0.1) is 0 Å². The number of benzene rings is 1. The van der Waals surface area contributed by atoms with Gasteiger partial charge in [-0.2, -0.15) is 13.2 Å². The third-order valence-corrected chi connectivity index (χ3v) is 1.74. The van der Waals surface area contributed by atoms with Crippen molar-refractivity contribution in [2.24, 2.45) is 0 Å². The predicted molar refractivity (Wildman–Crippen MR) is 45.9 cm³/mol. The van der Waals surface area contributed by atoms with Crippen molar-refractivity contribution in [1.29, 1.82) is 0 Å². The fraction of sp³-hybridized carbons (Fsp3) is 0.111. The van der Waals surface area contributed by atoms with E-state index in [0.29, 0.717) is 12.1 Å². The Morgan fingerprint density at radius 2 is 2.00 bits per heavy atom. The van der Waals surface area contributed by atoms with Gasteiger partial charge in [0.05, 0.1) is 5.56 Å². The standard InChI is InChI=1S/C9H6F3NO3/c10-9(11,12)6-1-2-7(13-8(15)16)5(3-6)4-14/h1-4,13H,(H,15,16)/p-1. The third kappa shape index (κ3) is 2.72. The Hall–Kier alpha value is -2.05. The van der Waals surface area contributed by atoms with Crippen LogP contribution in [0.5, 0.6) is 0 Å². The maximum atomic E-state index is 12.2. The molecule has 0 heterocycles. The number of amides is 1. The molecule has 0 aromatic heterocycles. The molecule has 0 aliphatic carbocycles. The van der Waals surface area contributed by atoms with Crippen LogP contribution in [-0.2, 0) is 6.18 Å². The van der Waals surface area contributed by atoms with Crippen molar-refractivity contribution in [1.82, 2.24) is 0 Å². The van der Waals surface area contributed by atoms with E-state index in [0.717, 1.165) is 6.07 Å². The molecule has 1 rings (SSSR count). The highest BCUT2D eigenvalue weighted by Gasteiger charge is 2.30. The second kappa shape index (κ2) is 4.21. The van der Waals surface area contributed by atoms with E-state index in [2.05, 4.69) is 0 Å². The number of carboxylic acid groups (broad SMARTS) is 1. The Balaban J connectivity index is 3.17. The van der Waals surface area contributed by atoms with E-state index in [1.165, 1.54) is 0 Å². The van der Waals surface area contributed by atoms with E-state index in [1.807, 2.05) is 0 Å². The number of carbonyl (C=O) groups excluding carboxylic acids is 2. The molecule has 0 aliphatic heterocycles. The summed E-state index contributed by atoms with van der Waals surface area (Å²) in [7, 11) is 0. The lowest BCUT2D eigenvalue weighted by Gasteiger charge is -2.12. The maximum absolute atomic E-state index is 12.2. The van der Waals surface area contributed by atoms with Crippen LogP contribution in [-0.4, -0.2) is 12.4 Å². The number of nitrogens with one attached hydrogen (secondary N) is 1. The first-order valence-electron chi connectivity index (χ1n) is 3.99. The average molecular weight is 232 g/mol. The zero-order chi connectivity index (χ0) is 12.3. The van der Waals surface area contributed by atoms with Gasteiger partial charge in [0.25, 0.3) is 0 Å². The first kappa shape index (κ1) is 12.0. The lowest BCUT2D eigenvalue weighted by Crippen LogP contribution is -2.29. The molecular formula is C9H5F3NO3-. The molecule has 0 unspecified atom stereocenters. The van der Waals surface area contributed by atoms with Crippen LogP contribution in [0.15, 0.2) is 18.2 Å². The molecule has 0 spiro atoms. The molecule has 1 N–H and O–H groups in total. The Bertz CT molecular complexity index is 428. The highest BCUT2D eigenvalue weighted by molar-refractivity contribution is 5.91. The lowest BCUT2D eigenvalue weighted by molar-refractivity contribution is -0.242. The predicted octanol–water partition coefficient (Wildman–Crippen LogP) is 1.27. The molecule has 7 heteroatoms. The number of aldehydes is 1. The molecule has 0 aliphatic rings. The van der Waals surface area contributed by atoms with Crippen LogP contribution in [0.3, 0.4) is 0 Å². The van der Waals surface area contributed by atoms with Crippen molar-refractivity contribution in [2.45, 2.75) is 6.18 Å². The van der Waals surface area contributed by atoms with Crippen molar-refractivity contribution >= 4 is 18.1 Å². The second-order valence-corrected chi connectivity index (χ2v) is 2.83. The summed E-state index contributed by atoms with van der Waals surface area (Å²) < 4.78 is 36.7. The quantitative estimate of drug-likeness (QED) is 0.780. The van der Waals surface area contributed by atoms with Crippen LogP contribution < -0.4 is 10.4 Å². The van der Waals surface area contributed by atoms with Crippen LogP contribution in [0.4, 0.5) is 23.7 Å². The summed E-state index contributed by atoms with van der Waals surface area (Å²) in [6.45, 7) is 0. The van der Waals surface area contributed by atoms with Crippen molar-refractivity contribution in [3.05, 3.63) is 29.3 Å². The summed E-state index contributed by atoms with van der Waals surface area (Å²) in [6.07, 6.45) is -6.17. The molecule has 0 bridgehead atoms. The van der Waals surface area contributed by atoms with Crippen molar-refractivity contribution in [3.63, 3.8) is 0 Å². The molecule has 4 nitrogen and oxygen atoms in total. The summed E-state index contributed by atoms with van der Waals surface area (Å²) in [4.78, 5) is 20.6. The Morgan fingerprint density at radius 3 is 2.44 bits per heavy atom. The van der Waals surface area contributed by atoms with Crippen LogP contribution in [0.1, 0.15) is 15.9 Å². The van der Waals surface area contributed by atoms with Gasteiger partial charge in [-0.1, -0.05) is 0 Å². The number of hydrogen-bond donors (Lipinski definition) is 1. The molecule has 1 amide bonds. The van der Waals surface area contributed by atoms with Crippen molar-refractivity contribution in [2.75, 3.05) is 5.32 Å². The van der Waals surface area contributed by atoms with Crippen LogP contribution in [0.2, 0.25) is 0 Å². The van der Waals surface area contributed by atoms with E-state index in [9.17, 15) is 27.9 Å². The van der Waals surface area contributed by atoms with Gasteiger partial charge < -0.3 is 15.2 Å². The zero-order valence-corrected chi connectivity index (χ0v) is 7.67. The highest BCUT2D eigenvalue weighted by Crippen LogP contribution is 2.31. The highest BCUT2D eigenvalue weighted by atomic mass is 19.4. The molecule has 0 saturated heterocycles. The summed E-state index contributed by atoms with van der Waals surface area (Å²) in [5, 5.41) is 11.9. The number of anilines is 1. The molecule has 0 fully saturated rings. The van der Waals surface area contributed by atoms with Gasteiger partial charge in [-0.3, -0.25) is 4.79 Å². The van der Waals surface area contributed by atoms with E-state index in [1.54, 1.807) is 5.32 Å². The molecule has 1 aromatic rings. The summed E-state index contributed by atoms with van der Waals surface area (Å²) in [5.74, 6) is 0. The summed E-state index contributed by atoms with van der Waals surface area (Å²) in [5.41, 5.74) is -1.68. The van der Waals surface area contributed by atoms with Crippen LogP contribution in [0, 0.1) is 0 Å². The molecule has 0 saturated carbocycles. The smallest absolute Gasteiger partial charge is 0.416 e. The fourth-order valence-corrected chi connectivity index (χ4v) is 1.06. The molecular weight excluding hydrogens is 227 g/mol. The van der Waals surface area contributed by atoms with E-state index < -0.39 is 23.4 Å². The lowest BCUT2D eigenvalue weighted by atomic mass is 10.1. The average Bonchev–Trinajstić information content (AvgIpc) is 2.15. The largest absolute Gasteiger partial charge is 0.530 e. The molecule has 1 aromatic carbocycles. The monoisotopic (exact) mass is 232 g/mol. The van der Waals surface area contributed by atoms with Crippen LogP contribution >= 0.6 is 0 Å². The number of rotatable bonds is 2. The van der Waals surface area contributed by atoms with Crippen molar-refractivity contribution in [3.8, 4) is 0 Å². The van der Waals surface area contributed by atoms with Gasteiger partial charge in [0.1, 0.15) is 6.09 Å². The van der Waals surface area contributed by atoms with Gasteiger partial charge in [-0.05, 0) is 18.2 Å².